The summed E-state index contributed by atoms with van der Waals surface area (Å²) in [6.07, 6.45) is 5.03. The Morgan fingerprint density at radius 3 is 3.05 bits per heavy atom. The van der Waals surface area contributed by atoms with E-state index in [9.17, 15) is 0 Å². The molecule has 0 saturated heterocycles. The third-order valence-electron chi connectivity index (χ3n) is 3.23. The second kappa shape index (κ2) is 5.55. The third-order valence-corrected chi connectivity index (χ3v) is 4.24. The van der Waals surface area contributed by atoms with Crippen LogP contribution in [0.3, 0.4) is 0 Å². The van der Waals surface area contributed by atoms with E-state index < -0.39 is 0 Å². The van der Waals surface area contributed by atoms with E-state index in [0.29, 0.717) is 0 Å². The summed E-state index contributed by atoms with van der Waals surface area (Å²) in [6, 6.07) is 8.58. The molecule has 0 saturated carbocycles. The zero-order chi connectivity index (χ0) is 13.1. The van der Waals surface area contributed by atoms with Crippen molar-refractivity contribution in [2.24, 2.45) is 7.05 Å². The average Bonchev–Trinajstić information content (AvgIpc) is 3.02. The molecule has 0 fully saturated rings. The van der Waals surface area contributed by atoms with Crippen LogP contribution >= 0.6 is 11.3 Å². The highest BCUT2D eigenvalue weighted by molar-refractivity contribution is 7.17. The van der Waals surface area contributed by atoms with Crippen LogP contribution in [0.15, 0.2) is 42.0 Å². The predicted octanol–water partition coefficient (Wildman–Crippen LogP) is 2.97. The first-order valence-corrected chi connectivity index (χ1v) is 7.34. The molecule has 0 aliphatic heterocycles. The molecule has 0 spiro atoms. The van der Waals surface area contributed by atoms with Crippen molar-refractivity contribution in [1.29, 1.82) is 0 Å². The fourth-order valence-corrected chi connectivity index (χ4v) is 3.19. The van der Waals surface area contributed by atoms with Crippen LogP contribution in [0, 0.1) is 0 Å². The van der Waals surface area contributed by atoms with Crippen LogP contribution in [0.1, 0.15) is 11.1 Å². The van der Waals surface area contributed by atoms with Gasteiger partial charge in [-0.1, -0.05) is 18.2 Å². The number of aromatic nitrogens is 2. The fraction of sp³-hybridized carbons (Fsp3) is 0.267. The van der Waals surface area contributed by atoms with Gasteiger partial charge < -0.3 is 5.32 Å². The minimum atomic E-state index is 0.935. The molecule has 1 N–H and O–H groups in total. The molecule has 2 heterocycles. The number of hydrogen-bond acceptors (Lipinski definition) is 3. The Labute approximate surface area is 116 Å². The Morgan fingerprint density at radius 2 is 2.21 bits per heavy atom. The molecular formula is C15H17N3S. The minimum absolute atomic E-state index is 0.935. The third kappa shape index (κ3) is 2.85. The standard InChI is InChI=1S/C15H17N3S/c1-18-10-12(8-17-18)6-7-16-9-13-11-19-15-5-3-2-4-14(13)15/h2-5,8,10-11,16H,6-7,9H2,1H3. The second-order valence-corrected chi connectivity index (χ2v) is 5.62. The van der Waals surface area contributed by atoms with Crippen LogP contribution in [0.5, 0.6) is 0 Å². The van der Waals surface area contributed by atoms with Gasteiger partial charge in [0.15, 0.2) is 0 Å². The number of benzene rings is 1. The van der Waals surface area contributed by atoms with E-state index in [1.54, 1.807) is 0 Å². The molecular weight excluding hydrogens is 254 g/mol. The van der Waals surface area contributed by atoms with Crippen molar-refractivity contribution in [1.82, 2.24) is 15.1 Å². The number of thiophene rings is 1. The fourth-order valence-electron chi connectivity index (χ4n) is 2.23. The van der Waals surface area contributed by atoms with Crippen molar-refractivity contribution in [2.45, 2.75) is 13.0 Å². The monoisotopic (exact) mass is 271 g/mol. The van der Waals surface area contributed by atoms with Crippen LogP contribution in [0.2, 0.25) is 0 Å². The maximum absolute atomic E-state index is 4.18. The van der Waals surface area contributed by atoms with E-state index in [4.69, 9.17) is 0 Å². The van der Waals surface area contributed by atoms with Gasteiger partial charge in [-0.15, -0.1) is 11.3 Å². The van der Waals surface area contributed by atoms with E-state index >= 15 is 0 Å². The minimum Gasteiger partial charge on any atom is -0.312 e. The molecule has 1 aromatic carbocycles. The van der Waals surface area contributed by atoms with Crippen molar-refractivity contribution in [3.05, 3.63) is 53.2 Å². The lowest BCUT2D eigenvalue weighted by molar-refractivity contribution is 0.690. The lowest BCUT2D eigenvalue weighted by Crippen LogP contribution is -2.16. The zero-order valence-corrected chi connectivity index (χ0v) is 11.8. The van der Waals surface area contributed by atoms with Gasteiger partial charge in [0.25, 0.3) is 0 Å². The Balaban J connectivity index is 1.55. The van der Waals surface area contributed by atoms with Gasteiger partial charge in [0, 0.05) is 24.5 Å². The highest BCUT2D eigenvalue weighted by Gasteiger charge is 2.02. The topological polar surface area (TPSA) is 29.9 Å². The van der Waals surface area contributed by atoms with Gasteiger partial charge >= 0.3 is 0 Å². The van der Waals surface area contributed by atoms with Crippen LogP contribution in [0.25, 0.3) is 10.1 Å². The van der Waals surface area contributed by atoms with E-state index in [1.165, 1.54) is 21.2 Å². The molecule has 0 amide bonds. The molecule has 0 aliphatic rings. The lowest BCUT2D eigenvalue weighted by Gasteiger charge is -2.02. The largest absolute Gasteiger partial charge is 0.312 e. The maximum atomic E-state index is 4.18. The molecule has 2 aromatic heterocycles. The first-order valence-electron chi connectivity index (χ1n) is 6.46. The zero-order valence-electron chi connectivity index (χ0n) is 11.0. The number of nitrogens with one attached hydrogen (secondary N) is 1. The van der Waals surface area contributed by atoms with Gasteiger partial charge in [0.2, 0.25) is 0 Å². The molecule has 0 atom stereocenters. The maximum Gasteiger partial charge on any atom is 0.0522 e. The summed E-state index contributed by atoms with van der Waals surface area (Å²) in [7, 11) is 1.95. The van der Waals surface area contributed by atoms with E-state index in [0.717, 1.165) is 19.5 Å². The Morgan fingerprint density at radius 1 is 1.32 bits per heavy atom. The highest BCUT2D eigenvalue weighted by Crippen LogP contribution is 2.25. The molecule has 3 nitrogen and oxygen atoms in total. The van der Waals surface area contributed by atoms with Gasteiger partial charge in [-0.2, -0.15) is 5.10 Å². The average molecular weight is 271 g/mol. The molecule has 3 rings (SSSR count). The van der Waals surface area contributed by atoms with Crippen molar-refractivity contribution < 1.29 is 0 Å². The van der Waals surface area contributed by atoms with E-state index in [2.05, 4.69) is 46.3 Å². The number of hydrogen-bond donors (Lipinski definition) is 1. The molecule has 3 aromatic rings. The normalized spacial score (nSPS) is 11.2. The summed E-state index contributed by atoms with van der Waals surface area (Å²) in [5.41, 5.74) is 2.68. The van der Waals surface area contributed by atoms with Gasteiger partial charge in [-0.3, -0.25) is 4.68 Å². The Bertz CT molecular complexity index is 669. The summed E-state index contributed by atoms with van der Waals surface area (Å²) in [4.78, 5) is 0. The number of rotatable bonds is 5. The molecule has 4 heteroatoms. The van der Waals surface area contributed by atoms with E-state index in [1.807, 2.05) is 29.3 Å². The Kier molecular flexibility index (Phi) is 3.62. The van der Waals surface area contributed by atoms with Gasteiger partial charge in [-0.05, 0) is 40.9 Å². The predicted molar refractivity (Wildman–Crippen MR) is 80.4 cm³/mol. The first kappa shape index (κ1) is 12.4. The summed E-state index contributed by atoms with van der Waals surface area (Å²) < 4.78 is 3.22. The highest BCUT2D eigenvalue weighted by atomic mass is 32.1. The quantitative estimate of drug-likeness (QED) is 0.723. The first-order chi connectivity index (χ1) is 9.33. The SMILES string of the molecule is Cn1cc(CCNCc2csc3ccccc23)cn1. The molecule has 19 heavy (non-hydrogen) atoms. The van der Waals surface area contributed by atoms with Crippen molar-refractivity contribution in [3.63, 3.8) is 0 Å². The molecule has 98 valence electrons. The summed E-state index contributed by atoms with van der Waals surface area (Å²) in [6.45, 7) is 1.92. The van der Waals surface area contributed by atoms with Gasteiger partial charge in [0.1, 0.15) is 0 Å². The molecule has 0 unspecified atom stereocenters. The van der Waals surface area contributed by atoms with Crippen molar-refractivity contribution in [3.8, 4) is 0 Å². The summed E-state index contributed by atoms with van der Waals surface area (Å²) in [5.74, 6) is 0. The number of aryl methyl sites for hydroxylation is 1. The van der Waals surface area contributed by atoms with Crippen LogP contribution in [-0.4, -0.2) is 16.3 Å². The van der Waals surface area contributed by atoms with Crippen LogP contribution in [-0.2, 0) is 20.0 Å². The molecule has 0 bridgehead atoms. The van der Waals surface area contributed by atoms with E-state index in [-0.39, 0.29) is 0 Å². The molecule has 0 radical (unpaired) electrons. The van der Waals surface area contributed by atoms with Gasteiger partial charge in [0.05, 0.1) is 6.20 Å². The summed E-state index contributed by atoms with van der Waals surface area (Å²) >= 11 is 1.82. The number of nitrogens with zero attached hydrogens (tertiary/aromatic N) is 2. The lowest BCUT2D eigenvalue weighted by atomic mass is 10.2. The van der Waals surface area contributed by atoms with Crippen molar-refractivity contribution in [2.75, 3.05) is 6.54 Å². The Hall–Kier alpha value is -1.65. The van der Waals surface area contributed by atoms with Crippen molar-refractivity contribution >= 4 is 21.4 Å². The number of fused-ring (bicyclic) bond motifs is 1. The molecule has 0 aliphatic carbocycles. The van der Waals surface area contributed by atoms with Crippen LogP contribution < -0.4 is 5.32 Å². The summed E-state index contributed by atoms with van der Waals surface area (Å²) in [5, 5.41) is 11.3. The second-order valence-electron chi connectivity index (χ2n) is 4.71. The van der Waals surface area contributed by atoms with Gasteiger partial charge in [-0.25, -0.2) is 0 Å². The smallest absolute Gasteiger partial charge is 0.0522 e. The van der Waals surface area contributed by atoms with Crippen LogP contribution in [0.4, 0.5) is 0 Å².